The topological polar surface area (TPSA) is 122 Å². The van der Waals surface area contributed by atoms with Crippen molar-refractivity contribution in [2.24, 2.45) is 5.92 Å². The number of para-hydroxylation sites is 2. The molecule has 10 heteroatoms. The highest BCUT2D eigenvalue weighted by Gasteiger charge is 2.39. The number of piperidine rings is 1. The van der Waals surface area contributed by atoms with Gasteiger partial charge in [0.1, 0.15) is 0 Å². The highest BCUT2D eigenvalue weighted by molar-refractivity contribution is 5.93. The second-order valence-electron chi connectivity index (χ2n) is 14.4. The van der Waals surface area contributed by atoms with Gasteiger partial charge in [-0.2, -0.15) is 0 Å². The molecule has 0 spiro atoms. The predicted octanol–water partition coefficient (Wildman–Crippen LogP) is 6.94. The van der Waals surface area contributed by atoms with E-state index in [1.807, 2.05) is 65.2 Å². The number of hydrogen-bond donors (Lipinski definition) is 3. The molecule has 0 unspecified atom stereocenters. The molecule has 0 aliphatic carbocycles. The quantitative estimate of drug-likeness (QED) is 0.140. The molecule has 2 fully saturated rings. The molecule has 0 radical (unpaired) electrons. The van der Waals surface area contributed by atoms with Crippen molar-refractivity contribution in [1.82, 2.24) is 24.8 Å². The summed E-state index contributed by atoms with van der Waals surface area (Å²) >= 11 is 0. The van der Waals surface area contributed by atoms with Crippen molar-refractivity contribution in [1.29, 1.82) is 0 Å². The number of hydrogen-bond acceptors (Lipinski definition) is 7. The third-order valence-corrected chi connectivity index (χ3v) is 10.9. The third-order valence-electron chi connectivity index (χ3n) is 10.9. The molecule has 4 atom stereocenters. The van der Waals surface area contributed by atoms with Gasteiger partial charge < -0.3 is 29.8 Å². The van der Waals surface area contributed by atoms with Gasteiger partial charge in [0.2, 0.25) is 0 Å². The van der Waals surface area contributed by atoms with Crippen LogP contribution in [0.5, 0.6) is 0 Å². The molecule has 2 aliphatic rings. The zero-order valence-corrected chi connectivity index (χ0v) is 30.3. The van der Waals surface area contributed by atoms with E-state index in [-0.39, 0.29) is 42.4 Å². The number of aromatic amines is 1. The summed E-state index contributed by atoms with van der Waals surface area (Å²) < 4.78 is 15.5. The number of nitrogens with one attached hydrogen (secondary N) is 2. The highest BCUT2D eigenvalue weighted by atomic mass is 16.7. The minimum Gasteiger partial charge on any atom is -0.392 e. The van der Waals surface area contributed by atoms with Gasteiger partial charge in [0.05, 0.1) is 35.4 Å². The SMILES string of the molecule is C[C@@H]1[C@H](CN2CCC(n3c(=O)[nH]c4ccccc43)CC2)O[C@H](c2ccc(-c3cccc(CNC(=O)c4cccnc4)c3)cc2)O[C@@H]1c1ccc(CO)cc1. The fraction of sp³-hybridized carbons (Fsp3) is 0.295. The number of carbonyl (C=O) groups is 1. The summed E-state index contributed by atoms with van der Waals surface area (Å²) in [5, 5.41) is 12.6. The first kappa shape index (κ1) is 35.6. The van der Waals surface area contributed by atoms with Crippen LogP contribution in [0.25, 0.3) is 22.2 Å². The standard InChI is InChI=1S/C44H45N5O5/c1-29-40(27-48-22-19-37(20-23-48)49-39-10-3-2-9-38(39)47-44(49)52)53-43(54-41(29)33-13-11-30(28-50)12-14-33)34-17-15-32(16-18-34)35-7-4-6-31(24-35)25-46-42(51)36-8-5-21-45-26-36/h2-18,21,24,26,29,37,40-41,43,50H,19-20,22-23,25,27-28H2,1H3,(H,46,51)(H,47,52)/t29-,40+,41+,43+/m1/s1. The number of fused-ring (bicyclic) bond motifs is 1. The molecule has 4 heterocycles. The number of imidazole rings is 1. The summed E-state index contributed by atoms with van der Waals surface area (Å²) in [6, 6.07) is 36.0. The average molecular weight is 724 g/mol. The fourth-order valence-corrected chi connectivity index (χ4v) is 7.85. The monoisotopic (exact) mass is 723 g/mol. The summed E-state index contributed by atoms with van der Waals surface area (Å²) in [7, 11) is 0. The van der Waals surface area contributed by atoms with Crippen LogP contribution in [0.2, 0.25) is 0 Å². The van der Waals surface area contributed by atoms with Crippen molar-refractivity contribution in [3.05, 3.63) is 160 Å². The Balaban J connectivity index is 0.969. The molecule has 10 nitrogen and oxygen atoms in total. The Kier molecular flexibility index (Phi) is 10.5. The average Bonchev–Trinajstić information content (AvgIpc) is 3.57. The lowest BCUT2D eigenvalue weighted by Gasteiger charge is -2.44. The Morgan fingerprint density at radius 1 is 0.870 bits per heavy atom. The van der Waals surface area contributed by atoms with Gasteiger partial charge in [-0.25, -0.2) is 4.79 Å². The number of H-pyrrole nitrogens is 1. The predicted molar refractivity (Wildman–Crippen MR) is 208 cm³/mol. The third kappa shape index (κ3) is 7.65. The van der Waals surface area contributed by atoms with Crippen molar-refractivity contribution < 1.29 is 19.4 Å². The van der Waals surface area contributed by atoms with Crippen LogP contribution in [0.1, 0.15) is 70.8 Å². The molecular formula is C44H45N5O5. The van der Waals surface area contributed by atoms with E-state index >= 15 is 0 Å². The molecule has 0 bridgehead atoms. The molecule has 1 amide bonds. The van der Waals surface area contributed by atoms with E-state index in [4.69, 9.17) is 9.47 Å². The summed E-state index contributed by atoms with van der Waals surface area (Å²) in [5.74, 6) is -0.0943. The Morgan fingerprint density at radius 2 is 1.65 bits per heavy atom. The molecule has 4 aromatic carbocycles. The zero-order valence-electron chi connectivity index (χ0n) is 30.3. The molecule has 2 saturated heterocycles. The summed E-state index contributed by atoms with van der Waals surface area (Å²) in [6.45, 7) is 5.08. The molecule has 276 valence electrons. The van der Waals surface area contributed by atoms with Crippen LogP contribution in [-0.2, 0) is 22.6 Å². The Morgan fingerprint density at radius 3 is 2.41 bits per heavy atom. The number of rotatable bonds is 10. The first-order valence-corrected chi connectivity index (χ1v) is 18.7. The first-order valence-electron chi connectivity index (χ1n) is 18.7. The van der Waals surface area contributed by atoms with Crippen LogP contribution in [0, 0.1) is 5.92 Å². The van der Waals surface area contributed by atoms with Crippen LogP contribution in [-0.4, -0.2) is 56.2 Å². The number of aliphatic hydroxyl groups excluding tert-OH is 1. The van der Waals surface area contributed by atoms with Gasteiger partial charge in [-0.3, -0.25) is 14.3 Å². The minimum absolute atomic E-state index is 0.00829. The molecule has 3 N–H and O–H groups in total. The van der Waals surface area contributed by atoms with Crippen molar-refractivity contribution in [3.8, 4) is 11.1 Å². The first-order chi connectivity index (χ1) is 26.4. The van der Waals surface area contributed by atoms with Crippen LogP contribution in [0.3, 0.4) is 0 Å². The van der Waals surface area contributed by atoms with Crippen molar-refractivity contribution >= 4 is 16.9 Å². The van der Waals surface area contributed by atoms with E-state index in [1.54, 1.807) is 24.5 Å². The largest absolute Gasteiger partial charge is 0.392 e. The van der Waals surface area contributed by atoms with Crippen molar-refractivity contribution in [2.45, 2.75) is 57.5 Å². The van der Waals surface area contributed by atoms with Gasteiger partial charge >= 0.3 is 5.69 Å². The van der Waals surface area contributed by atoms with Crippen LogP contribution in [0.4, 0.5) is 0 Å². The van der Waals surface area contributed by atoms with E-state index in [9.17, 15) is 14.7 Å². The Bertz CT molecular complexity index is 2240. The fourth-order valence-electron chi connectivity index (χ4n) is 7.85. The molecule has 2 aromatic heterocycles. The second kappa shape index (κ2) is 15.9. The number of amides is 1. The van der Waals surface area contributed by atoms with E-state index in [1.165, 1.54) is 0 Å². The van der Waals surface area contributed by atoms with E-state index in [0.29, 0.717) is 12.1 Å². The summed E-state index contributed by atoms with van der Waals surface area (Å²) in [6.07, 6.45) is 4.10. The van der Waals surface area contributed by atoms with Gasteiger partial charge in [0.25, 0.3) is 5.91 Å². The van der Waals surface area contributed by atoms with E-state index in [2.05, 4.69) is 63.5 Å². The maximum absolute atomic E-state index is 12.9. The number of aliphatic hydroxyl groups is 1. The number of pyridine rings is 1. The smallest absolute Gasteiger partial charge is 0.326 e. The highest BCUT2D eigenvalue weighted by Crippen LogP contribution is 2.42. The normalized spacial score (nSPS) is 20.9. The molecule has 54 heavy (non-hydrogen) atoms. The van der Waals surface area contributed by atoms with Gasteiger partial charge in [-0.05, 0) is 71.0 Å². The number of carbonyl (C=O) groups excluding carboxylic acids is 1. The number of ether oxygens (including phenoxy) is 2. The number of nitrogens with zero attached hydrogens (tertiary/aromatic N) is 3. The van der Waals surface area contributed by atoms with Gasteiger partial charge in [0.15, 0.2) is 6.29 Å². The van der Waals surface area contributed by atoms with Crippen LogP contribution >= 0.6 is 0 Å². The lowest BCUT2D eigenvalue weighted by Crippen LogP contribution is -2.47. The van der Waals surface area contributed by atoms with Crippen LogP contribution in [0.15, 0.2) is 126 Å². The van der Waals surface area contributed by atoms with E-state index < -0.39 is 6.29 Å². The van der Waals surface area contributed by atoms with E-state index in [0.717, 1.165) is 76.9 Å². The summed E-state index contributed by atoms with van der Waals surface area (Å²) in [5.41, 5.74) is 8.27. The molecule has 6 aromatic rings. The van der Waals surface area contributed by atoms with Crippen molar-refractivity contribution in [2.75, 3.05) is 19.6 Å². The number of likely N-dealkylation sites (tertiary alicyclic amines) is 1. The van der Waals surface area contributed by atoms with Crippen LogP contribution < -0.4 is 11.0 Å². The minimum atomic E-state index is -0.570. The number of aromatic nitrogens is 3. The van der Waals surface area contributed by atoms with Gasteiger partial charge in [0, 0.05) is 56.1 Å². The molecular weight excluding hydrogens is 679 g/mol. The lowest BCUT2D eigenvalue weighted by molar-refractivity contribution is -0.276. The van der Waals surface area contributed by atoms with Crippen molar-refractivity contribution in [3.63, 3.8) is 0 Å². The Labute approximate surface area is 314 Å². The maximum Gasteiger partial charge on any atom is 0.326 e. The summed E-state index contributed by atoms with van der Waals surface area (Å²) in [4.78, 5) is 35.0. The number of benzene rings is 4. The second-order valence-corrected chi connectivity index (χ2v) is 14.4. The Hall–Kier alpha value is -5.39. The van der Waals surface area contributed by atoms with Gasteiger partial charge in [-0.15, -0.1) is 0 Å². The molecule has 2 aliphatic heterocycles. The lowest BCUT2D eigenvalue weighted by atomic mass is 9.89. The zero-order chi connectivity index (χ0) is 37.0. The molecule has 0 saturated carbocycles. The maximum atomic E-state index is 12.9. The molecule has 8 rings (SSSR count). The van der Waals surface area contributed by atoms with Gasteiger partial charge in [-0.1, -0.05) is 85.8 Å².